The number of nitrogens with one attached hydrogen (secondary N) is 1. The van der Waals surface area contributed by atoms with Gasteiger partial charge in [0.05, 0.1) is 34.8 Å². The van der Waals surface area contributed by atoms with Gasteiger partial charge in [-0.2, -0.15) is 0 Å². The summed E-state index contributed by atoms with van der Waals surface area (Å²) in [4.78, 5) is 28.7. The first-order chi connectivity index (χ1) is 20.3. The molecule has 0 spiro atoms. The van der Waals surface area contributed by atoms with Gasteiger partial charge in [0.25, 0.3) is 10.0 Å². The number of anilines is 1. The van der Waals surface area contributed by atoms with Crippen LogP contribution in [-0.2, 0) is 26.2 Å². The highest BCUT2D eigenvalue weighted by Crippen LogP contribution is 2.34. The monoisotopic (exact) mass is 649 g/mol. The number of benzene rings is 3. The molecular weight excluding hydrogens is 613 g/mol. The fourth-order valence-corrected chi connectivity index (χ4v) is 5.96. The van der Waals surface area contributed by atoms with Gasteiger partial charge in [0.2, 0.25) is 11.8 Å². The largest absolute Gasteiger partial charge is 0.493 e. The van der Waals surface area contributed by atoms with Crippen molar-refractivity contribution < 1.29 is 27.5 Å². The molecule has 0 bridgehead atoms. The molecule has 0 saturated carbocycles. The molecule has 232 valence electrons. The van der Waals surface area contributed by atoms with Gasteiger partial charge in [-0.25, -0.2) is 8.42 Å². The molecule has 0 saturated heterocycles. The van der Waals surface area contributed by atoms with Crippen molar-refractivity contribution >= 4 is 50.7 Å². The van der Waals surface area contributed by atoms with E-state index >= 15 is 0 Å². The summed E-state index contributed by atoms with van der Waals surface area (Å²) >= 11 is 12.3. The number of aryl methyl sites for hydroxylation is 1. The number of hydrogen-bond acceptors (Lipinski definition) is 6. The zero-order valence-electron chi connectivity index (χ0n) is 25.1. The van der Waals surface area contributed by atoms with Crippen LogP contribution in [-0.4, -0.2) is 58.0 Å². The third kappa shape index (κ3) is 8.34. The van der Waals surface area contributed by atoms with E-state index in [4.69, 9.17) is 32.7 Å². The van der Waals surface area contributed by atoms with Crippen LogP contribution in [0.15, 0.2) is 65.6 Å². The first-order valence-electron chi connectivity index (χ1n) is 13.7. The van der Waals surface area contributed by atoms with E-state index in [0.717, 1.165) is 9.87 Å². The number of ether oxygens (including phenoxy) is 2. The topological polar surface area (TPSA) is 105 Å². The molecule has 0 aliphatic heterocycles. The van der Waals surface area contributed by atoms with Crippen LogP contribution in [0.3, 0.4) is 0 Å². The van der Waals surface area contributed by atoms with Crippen molar-refractivity contribution in [1.82, 2.24) is 10.2 Å². The van der Waals surface area contributed by atoms with Crippen molar-refractivity contribution in [1.29, 1.82) is 0 Å². The number of amides is 2. The second kappa shape index (κ2) is 14.8. The second-order valence-corrected chi connectivity index (χ2v) is 12.8. The third-order valence-electron chi connectivity index (χ3n) is 7.05. The molecule has 0 radical (unpaired) electrons. The summed E-state index contributed by atoms with van der Waals surface area (Å²) in [5.41, 5.74) is 1.67. The van der Waals surface area contributed by atoms with Crippen LogP contribution in [0.4, 0.5) is 5.69 Å². The van der Waals surface area contributed by atoms with Crippen LogP contribution in [0.25, 0.3) is 0 Å². The third-order valence-corrected chi connectivity index (χ3v) is 9.58. The van der Waals surface area contributed by atoms with Crippen LogP contribution >= 0.6 is 23.2 Å². The lowest BCUT2D eigenvalue weighted by molar-refractivity contribution is -0.139. The Balaban J connectivity index is 2.10. The number of nitrogens with zero attached hydrogens (tertiary/aromatic N) is 2. The van der Waals surface area contributed by atoms with Gasteiger partial charge in [-0.1, -0.05) is 53.9 Å². The Labute approximate surface area is 263 Å². The first kappa shape index (κ1) is 34.0. The maximum absolute atomic E-state index is 14.1. The Bertz CT molecular complexity index is 1550. The lowest BCUT2D eigenvalue weighted by Gasteiger charge is -2.32. The molecule has 0 aromatic heterocycles. The highest BCUT2D eigenvalue weighted by molar-refractivity contribution is 7.92. The summed E-state index contributed by atoms with van der Waals surface area (Å²) in [6.45, 7) is 6.62. The molecule has 0 heterocycles. The summed E-state index contributed by atoms with van der Waals surface area (Å²) in [7, 11) is -1.35. The van der Waals surface area contributed by atoms with Gasteiger partial charge in [-0.3, -0.25) is 13.9 Å². The SMILES string of the molecule is CC[C@H](C)NC(=O)[C@@H](C)N(Cc1ccc(Cl)c(Cl)c1)C(=O)CN(c1ccc(OC)c(OC)c1)S(=O)(=O)c1ccc(C)cc1. The molecule has 2 atom stereocenters. The van der Waals surface area contributed by atoms with E-state index in [1.165, 1.54) is 43.4 Å². The van der Waals surface area contributed by atoms with Crippen LogP contribution in [0.5, 0.6) is 11.5 Å². The fraction of sp³-hybridized carbons (Fsp3) is 0.355. The number of hydrogen-bond donors (Lipinski definition) is 1. The minimum atomic E-state index is -4.25. The Hall–Kier alpha value is -3.47. The minimum Gasteiger partial charge on any atom is -0.493 e. The number of halogens is 2. The lowest BCUT2D eigenvalue weighted by Crippen LogP contribution is -2.52. The maximum Gasteiger partial charge on any atom is 0.264 e. The Morgan fingerprint density at radius 2 is 1.56 bits per heavy atom. The molecule has 1 N–H and O–H groups in total. The van der Waals surface area contributed by atoms with Crippen molar-refractivity contribution in [2.45, 2.75) is 57.6 Å². The summed E-state index contributed by atoms with van der Waals surface area (Å²) in [6, 6.07) is 14.8. The summed E-state index contributed by atoms with van der Waals surface area (Å²) < 4.78 is 39.9. The van der Waals surface area contributed by atoms with Crippen molar-refractivity contribution in [2.24, 2.45) is 0 Å². The molecule has 12 heteroatoms. The smallest absolute Gasteiger partial charge is 0.264 e. The van der Waals surface area contributed by atoms with Gasteiger partial charge >= 0.3 is 0 Å². The number of rotatable bonds is 13. The van der Waals surface area contributed by atoms with Gasteiger partial charge in [-0.15, -0.1) is 0 Å². The van der Waals surface area contributed by atoms with E-state index in [-0.39, 0.29) is 39.8 Å². The van der Waals surface area contributed by atoms with Crippen LogP contribution in [0.2, 0.25) is 10.0 Å². The zero-order valence-corrected chi connectivity index (χ0v) is 27.4. The van der Waals surface area contributed by atoms with E-state index in [1.807, 2.05) is 20.8 Å². The first-order valence-corrected chi connectivity index (χ1v) is 15.9. The van der Waals surface area contributed by atoms with E-state index in [0.29, 0.717) is 22.8 Å². The van der Waals surface area contributed by atoms with Crippen LogP contribution in [0.1, 0.15) is 38.3 Å². The van der Waals surface area contributed by atoms with E-state index < -0.39 is 28.5 Å². The molecule has 3 aromatic carbocycles. The van der Waals surface area contributed by atoms with Crippen molar-refractivity contribution in [3.8, 4) is 11.5 Å². The van der Waals surface area contributed by atoms with E-state index in [1.54, 1.807) is 43.3 Å². The standard InChI is InChI=1S/C31H37Cl2N3O6S/c1-7-21(3)34-31(38)22(4)35(18-23-10-14-26(32)27(33)16-23)30(37)19-36(24-11-15-28(41-5)29(17-24)42-6)43(39,40)25-12-8-20(2)9-13-25/h8-17,21-22H,7,18-19H2,1-6H3,(H,34,38)/t21-,22+/m0/s1. The highest BCUT2D eigenvalue weighted by Gasteiger charge is 2.33. The zero-order chi connectivity index (χ0) is 31.9. The fourth-order valence-electron chi connectivity index (χ4n) is 4.23. The van der Waals surface area contributed by atoms with Gasteiger partial charge in [-0.05, 0) is 69.2 Å². The molecule has 2 amide bonds. The predicted molar refractivity (Wildman–Crippen MR) is 170 cm³/mol. The molecule has 3 aromatic rings. The highest BCUT2D eigenvalue weighted by atomic mass is 35.5. The van der Waals surface area contributed by atoms with Gasteiger partial charge in [0.15, 0.2) is 11.5 Å². The van der Waals surface area contributed by atoms with Crippen molar-refractivity contribution in [2.75, 3.05) is 25.1 Å². The summed E-state index contributed by atoms with van der Waals surface area (Å²) in [5.74, 6) is -0.308. The Morgan fingerprint density at radius 3 is 2.14 bits per heavy atom. The van der Waals surface area contributed by atoms with Gasteiger partial charge in [0.1, 0.15) is 12.6 Å². The molecular formula is C31H37Cl2N3O6S. The number of carbonyl (C=O) groups excluding carboxylic acids is 2. The summed E-state index contributed by atoms with van der Waals surface area (Å²) in [5, 5.41) is 3.53. The number of sulfonamides is 1. The average Bonchev–Trinajstić information content (AvgIpc) is 2.99. The van der Waals surface area contributed by atoms with Crippen molar-refractivity contribution in [3.63, 3.8) is 0 Å². The van der Waals surface area contributed by atoms with E-state index in [2.05, 4.69) is 5.32 Å². The van der Waals surface area contributed by atoms with Crippen molar-refractivity contribution in [3.05, 3.63) is 81.8 Å². The number of methoxy groups -OCH3 is 2. The number of carbonyl (C=O) groups is 2. The molecule has 0 fully saturated rings. The molecule has 3 rings (SSSR count). The maximum atomic E-state index is 14.1. The van der Waals surface area contributed by atoms with Gasteiger partial charge in [0, 0.05) is 18.7 Å². The summed E-state index contributed by atoms with van der Waals surface area (Å²) in [6.07, 6.45) is 0.696. The molecule has 0 unspecified atom stereocenters. The van der Waals surface area contributed by atoms with Crippen LogP contribution in [0, 0.1) is 6.92 Å². The molecule has 0 aliphatic rings. The Morgan fingerprint density at radius 1 is 0.907 bits per heavy atom. The van der Waals surface area contributed by atoms with Gasteiger partial charge < -0.3 is 19.7 Å². The quantitative estimate of drug-likeness (QED) is 0.249. The lowest BCUT2D eigenvalue weighted by atomic mass is 10.1. The Kier molecular flexibility index (Phi) is 11.7. The molecule has 0 aliphatic carbocycles. The minimum absolute atomic E-state index is 0.000667. The van der Waals surface area contributed by atoms with Crippen LogP contribution < -0.4 is 19.1 Å². The predicted octanol–water partition coefficient (Wildman–Crippen LogP) is 5.85. The second-order valence-electron chi connectivity index (χ2n) is 10.1. The normalized spacial score (nSPS) is 12.7. The average molecular weight is 651 g/mol. The van der Waals surface area contributed by atoms with E-state index in [9.17, 15) is 18.0 Å². The molecule has 43 heavy (non-hydrogen) atoms. The molecule has 9 nitrogen and oxygen atoms in total.